The number of rotatable bonds is 2. The average Bonchev–Trinajstić information content (AvgIpc) is 2.43. The zero-order valence-corrected chi connectivity index (χ0v) is 11.5. The topological polar surface area (TPSA) is 90.9 Å². The van der Waals surface area contributed by atoms with Gasteiger partial charge in [-0.15, -0.1) is 0 Å². The summed E-state index contributed by atoms with van der Waals surface area (Å²) in [5, 5.41) is 11.5. The van der Waals surface area contributed by atoms with E-state index in [0.717, 1.165) is 18.9 Å². The van der Waals surface area contributed by atoms with Crippen LogP contribution in [0.5, 0.6) is 0 Å². The minimum absolute atomic E-state index is 0.0286. The van der Waals surface area contributed by atoms with Gasteiger partial charge < -0.3 is 15.8 Å². The Morgan fingerprint density at radius 1 is 1.32 bits per heavy atom. The molecule has 0 aromatic carbocycles. The molecule has 0 spiro atoms. The van der Waals surface area contributed by atoms with Gasteiger partial charge in [0.05, 0.1) is 12.4 Å². The second-order valence-corrected chi connectivity index (χ2v) is 5.01. The standard InChI is InChI=1S/C12H20N6O/c1-8-6-18(7-9(2)17(8)3)11-5-14-10(4-15-11)12(13)16-19/h4-5,8-9,19H,6-7H2,1-3H3,(H2,13,16). The maximum Gasteiger partial charge on any atom is 0.190 e. The fraction of sp³-hybridized carbons (Fsp3) is 0.583. The Balaban J connectivity index is 2.14. The van der Waals surface area contributed by atoms with Gasteiger partial charge in [-0.25, -0.2) is 9.97 Å². The Labute approximate surface area is 112 Å². The fourth-order valence-corrected chi connectivity index (χ4v) is 2.26. The van der Waals surface area contributed by atoms with Crippen LogP contribution in [0.25, 0.3) is 0 Å². The molecule has 1 saturated heterocycles. The lowest BCUT2D eigenvalue weighted by Crippen LogP contribution is -2.55. The molecule has 1 aromatic rings. The highest BCUT2D eigenvalue weighted by molar-refractivity contribution is 5.94. The highest BCUT2D eigenvalue weighted by atomic mass is 16.4. The second-order valence-electron chi connectivity index (χ2n) is 5.01. The molecule has 0 amide bonds. The summed E-state index contributed by atoms with van der Waals surface area (Å²) < 4.78 is 0. The smallest absolute Gasteiger partial charge is 0.190 e. The molecule has 7 nitrogen and oxygen atoms in total. The van der Waals surface area contributed by atoms with E-state index in [2.05, 4.69) is 45.8 Å². The van der Waals surface area contributed by atoms with Crippen LogP contribution in [-0.4, -0.2) is 58.1 Å². The van der Waals surface area contributed by atoms with Gasteiger partial charge in [0, 0.05) is 25.2 Å². The first-order valence-electron chi connectivity index (χ1n) is 6.29. The maximum absolute atomic E-state index is 8.58. The third-order valence-corrected chi connectivity index (χ3v) is 3.69. The van der Waals surface area contributed by atoms with Crippen molar-refractivity contribution < 1.29 is 5.21 Å². The first kappa shape index (κ1) is 13.5. The SMILES string of the molecule is CC1CN(c2cnc(C(N)=NO)cn2)CC(C)N1C. The van der Waals surface area contributed by atoms with E-state index in [4.69, 9.17) is 10.9 Å². The van der Waals surface area contributed by atoms with Crippen LogP contribution in [0.4, 0.5) is 5.82 Å². The Morgan fingerprint density at radius 2 is 1.95 bits per heavy atom. The van der Waals surface area contributed by atoms with E-state index in [-0.39, 0.29) is 5.84 Å². The third kappa shape index (κ3) is 2.76. The second kappa shape index (κ2) is 5.40. The number of hydrogen-bond donors (Lipinski definition) is 2. The number of amidine groups is 1. The lowest BCUT2D eigenvalue weighted by Gasteiger charge is -2.42. The van der Waals surface area contributed by atoms with Gasteiger partial charge in [0.25, 0.3) is 0 Å². The quantitative estimate of drug-likeness (QED) is 0.341. The van der Waals surface area contributed by atoms with Crippen molar-refractivity contribution in [1.82, 2.24) is 14.9 Å². The molecule has 2 unspecified atom stereocenters. The van der Waals surface area contributed by atoms with Crippen LogP contribution >= 0.6 is 0 Å². The summed E-state index contributed by atoms with van der Waals surface area (Å²) >= 11 is 0. The van der Waals surface area contributed by atoms with Crippen molar-refractivity contribution >= 4 is 11.7 Å². The minimum Gasteiger partial charge on any atom is -0.409 e. The van der Waals surface area contributed by atoms with Crippen LogP contribution in [-0.2, 0) is 0 Å². The molecule has 19 heavy (non-hydrogen) atoms. The van der Waals surface area contributed by atoms with E-state index in [9.17, 15) is 0 Å². The molecule has 3 N–H and O–H groups in total. The Bertz CT molecular complexity index is 448. The average molecular weight is 264 g/mol. The van der Waals surface area contributed by atoms with Crippen molar-refractivity contribution in [2.24, 2.45) is 10.9 Å². The van der Waals surface area contributed by atoms with Crippen molar-refractivity contribution in [2.75, 3.05) is 25.0 Å². The van der Waals surface area contributed by atoms with Crippen LogP contribution in [0.1, 0.15) is 19.5 Å². The molecule has 0 radical (unpaired) electrons. The molecule has 2 heterocycles. The van der Waals surface area contributed by atoms with Crippen LogP contribution in [0.3, 0.4) is 0 Å². The van der Waals surface area contributed by atoms with Gasteiger partial charge in [-0.2, -0.15) is 0 Å². The Hall–Kier alpha value is -1.89. The number of nitrogens with zero attached hydrogens (tertiary/aromatic N) is 5. The number of piperazine rings is 1. The van der Waals surface area contributed by atoms with Gasteiger partial charge in [0.15, 0.2) is 5.84 Å². The Morgan fingerprint density at radius 3 is 2.42 bits per heavy atom. The van der Waals surface area contributed by atoms with Crippen molar-refractivity contribution in [3.8, 4) is 0 Å². The summed E-state index contributed by atoms with van der Waals surface area (Å²) in [6, 6.07) is 0.934. The van der Waals surface area contributed by atoms with E-state index in [1.165, 1.54) is 6.20 Å². The predicted octanol–water partition coefficient (Wildman–Crippen LogP) is 0.0999. The zero-order valence-electron chi connectivity index (χ0n) is 11.5. The number of likely N-dealkylation sites (N-methyl/N-ethyl adjacent to an activating group) is 1. The summed E-state index contributed by atoms with van der Waals surface area (Å²) in [5.74, 6) is 0.792. The van der Waals surface area contributed by atoms with Gasteiger partial charge in [-0.05, 0) is 20.9 Å². The van der Waals surface area contributed by atoms with Crippen LogP contribution < -0.4 is 10.6 Å². The molecular formula is C12H20N6O. The summed E-state index contributed by atoms with van der Waals surface area (Å²) in [6.07, 6.45) is 3.19. The summed E-state index contributed by atoms with van der Waals surface area (Å²) in [4.78, 5) is 13.1. The van der Waals surface area contributed by atoms with Gasteiger partial charge in [0.1, 0.15) is 11.5 Å². The maximum atomic E-state index is 8.58. The summed E-state index contributed by atoms with van der Waals surface area (Å²) in [5.41, 5.74) is 5.84. The lowest BCUT2D eigenvalue weighted by atomic mass is 10.1. The van der Waals surface area contributed by atoms with Gasteiger partial charge in [-0.3, -0.25) is 4.90 Å². The number of hydrogen-bond acceptors (Lipinski definition) is 6. The fourth-order valence-electron chi connectivity index (χ4n) is 2.26. The van der Waals surface area contributed by atoms with E-state index < -0.39 is 0 Å². The molecule has 1 aliphatic rings. The van der Waals surface area contributed by atoms with E-state index in [1.54, 1.807) is 6.20 Å². The van der Waals surface area contributed by atoms with Crippen molar-refractivity contribution in [3.05, 3.63) is 18.1 Å². The van der Waals surface area contributed by atoms with Crippen molar-refractivity contribution in [3.63, 3.8) is 0 Å². The number of aromatic nitrogens is 2. The number of oxime groups is 1. The molecule has 1 aromatic heterocycles. The van der Waals surface area contributed by atoms with Crippen LogP contribution in [0, 0.1) is 0 Å². The molecule has 2 atom stereocenters. The van der Waals surface area contributed by atoms with Crippen molar-refractivity contribution in [2.45, 2.75) is 25.9 Å². The normalized spacial score (nSPS) is 25.6. The first-order chi connectivity index (χ1) is 9.02. The van der Waals surface area contributed by atoms with Gasteiger partial charge in [-0.1, -0.05) is 5.16 Å². The molecule has 104 valence electrons. The van der Waals surface area contributed by atoms with E-state index in [0.29, 0.717) is 17.8 Å². The molecule has 0 saturated carbocycles. The largest absolute Gasteiger partial charge is 0.409 e. The van der Waals surface area contributed by atoms with E-state index >= 15 is 0 Å². The van der Waals surface area contributed by atoms with Crippen molar-refractivity contribution in [1.29, 1.82) is 0 Å². The molecule has 1 fully saturated rings. The summed E-state index contributed by atoms with van der Waals surface area (Å²) in [7, 11) is 2.14. The minimum atomic E-state index is -0.0286. The first-order valence-corrected chi connectivity index (χ1v) is 6.29. The van der Waals surface area contributed by atoms with E-state index in [1.807, 2.05) is 0 Å². The third-order valence-electron chi connectivity index (χ3n) is 3.69. The predicted molar refractivity (Wildman–Crippen MR) is 73.4 cm³/mol. The monoisotopic (exact) mass is 264 g/mol. The molecule has 1 aliphatic heterocycles. The highest BCUT2D eigenvalue weighted by Crippen LogP contribution is 2.18. The number of nitrogens with two attached hydrogens (primary N) is 1. The highest BCUT2D eigenvalue weighted by Gasteiger charge is 2.27. The van der Waals surface area contributed by atoms with Gasteiger partial charge >= 0.3 is 0 Å². The molecule has 2 rings (SSSR count). The lowest BCUT2D eigenvalue weighted by molar-refractivity contribution is 0.169. The number of anilines is 1. The molecule has 0 aliphatic carbocycles. The Kier molecular flexibility index (Phi) is 3.84. The molecule has 7 heteroatoms. The van der Waals surface area contributed by atoms with Gasteiger partial charge in [0.2, 0.25) is 0 Å². The van der Waals surface area contributed by atoms with Crippen LogP contribution in [0.2, 0.25) is 0 Å². The zero-order chi connectivity index (χ0) is 14.0. The molecule has 0 bridgehead atoms. The molecular weight excluding hydrogens is 244 g/mol. The summed E-state index contributed by atoms with van der Waals surface area (Å²) in [6.45, 7) is 6.22. The van der Waals surface area contributed by atoms with Crippen LogP contribution in [0.15, 0.2) is 17.5 Å².